The molecule has 1 unspecified atom stereocenters. The Kier molecular flexibility index (Phi) is 4.70. The fraction of sp³-hybridized carbons (Fsp3) is 0.900. The van der Waals surface area contributed by atoms with Gasteiger partial charge < -0.3 is 20.1 Å². The standard InChI is InChI=1S/C10H23N3O2/c1-12(2)10(9(14)15,7-6-8-11)13(3,4)5/h6-8,11H2,1-5H3. The number of carbonyl (C=O) groups excluding carboxylic acids is 1. The van der Waals surface area contributed by atoms with Crippen molar-refractivity contribution in [3.05, 3.63) is 0 Å². The Bertz CT molecular complexity index is 223. The summed E-state index contributed by atoms with van der Waals surface area (Å²) >= 11 is 0. The van der Waals surface area contributed by atoms with Gasteiger partial charge in [0, 0.05) is 6.42 Å². The highest BCUT2D eigenvalue weighted by atomic mass is 16.4. The van der Waals surface area contributed by atoms with Crippen LogP contribution < -0.4 is 10.8 Å². The minimum Gasteiger partial charge on any atom is -0.543 e. The summed E-state index contributed by atoms with van der Waals surface area (Å²) in [6.45, 7) is 0.489. The summed E-state index contributed by atoms with van der Waals surface area (Å²) in [6.07, 6.45) is 1.16. The number of nitrogens with zero attached hydrogens (tertiary/aromatic N) is 2. The molecule has 0 spiro atoms. The minimum atomic E-state index is -1.05. The third-order valence-electron chi connectivity index (χ3n) is 2.91. The first-order chi connectivity index (χ1) is 6.70. The molecule has 15 heavy (non-hydrogen) atoms. The van der Waals surface area contributed by atoms with E-state index in [1.807, 2.05) is 21.1 Å². The molecule has 90 valence electrons. The molecule has 0 saturated carbocycles. The molecule has 5 nitrogen and oxygen atoms in total. The number of likely N-dealkylation sites (N-methyl/N-ethyl adjacent to an activating group) is 2. The Morgan fingerprint density at radius 2 is 1.87 bits per heavy atom. The molecule has 0 saturated heterocycles. The van der Waals surface area contributed by atoms with Crippen LogP contribution >= 0.6 is 0 Å². The van der Waals surface area contributed by atoms with Gasteiger partial charge in [-0.2, -0.15) is 0 Å². The van der Waals surface area contributed by atoms with Gasteiger partial charge in [0.15, 0.2) is 5.66 Å². The van der Waals surface area contributed by atoms with Gasteiger partial charge in [-0.1, -0.05) is 0 Å². The van der Waals surface area contributed by atoms with E-state index in [1.165, 1.54) is 0 Å². The molecule has 0 rings (SSSR count). The van der Waals surface area contributed by atoms with Crippen LogP contribution in [0.4, 0.5) is 0 Å². The minimum absolute atomic E-state index is 0.294. The second-order valence-electron chi connectivity index (χ2n) is 4.90. The van der Waals surface area contributed by atoms with Gasteiger partial charge in [0.1, 0.15) is 5.97 Å². The average Bonchev–Trinajstić information content (AvgIpc) is 2.01. The van der Waals surface area contributed by atoms with Crippen LogP contribution in [0, 0.1) is 0 Å². The molecular weight excluding hydrogens is 194 g/mol. The smallest absolute Gasteiger partial charge is 0.195 e. The molecule has 0 aliphatic carbocycles. The Labute approximate surface area is 92.0 Å². The van der Waals surface area contributed by atoms with Crippen molar-refractivity contribution >= 4 is 5.97 Å². The lowest BCUT2D eigenvalue weighted by molar-refractivity contribution is -0.929. The van der Waals surface area contributed by atoms with Crippen LogP contribution in [0.5, 0.6) is 0 Å². The van der Waals surface area contributed by atoms with E-state index in [1.54, 1.807) is 19.0 Å². The van der Waals surface area contributed by atoms with E-state index in [0.29, 0.717) is 23.9 Å². The molecule has 0 bridgehead atoms. The second-order valence-corrected chi connectivity index (χ2v) is 4.90. The number of hydrogen-bond acceptors (Lipinski definition) is 4. The van der Waals surface area contributed by atoms with Crippen molar-refractivity contribution in [2.75, 3.05) is 41.8 Å². The van der Waals surface area contributed by atoms with Crippen LogP contribution in [0.3, 0.4) is 0 Å². The van der Waals surface area contributed by atoms with Crippen LogP contribution in [0.15, 0.2) is 0 Å². The van der Waals surface area contributed by atoms with Gasteiger partial charge >= 0.3 is 0 Å². The number of quaternary nitrogens is 1. The largest absolute Gasteiger partial charge is 0.543 e. The third kappa shape index (κ3) is 2.68. The van der Waals surface area contributed by atoms with Crippen LogP contribution in [0.1, 0.15) is 12.8 Å². The first kappa shape index (κ1) is 14.3. The highest BCUT2D eigenvalue weighted by Crippen LogP contribution is 2.26. The van der Waals surface area contributed by atoms with Gasteiger partial charge in [-0.05, 0) is 27.1 Å². The molecule has 1 atom stereocenters. The number of hydrogen-bond donors (Lipinski definition) is 1. The maximum absolute atomic E-state index is 11.4. The molecule has 2 N–H and O–H groups in total. The first-order valence-corrected chi connectivity index (χ1v) is 5.10. The fourth-order valence-electron chi connectivity index (χ4n) is 2.07. The first-order valence-electron chi connectivity index (χ1n) is 5.10. The van der Waals surface area contributed by atoms with Gasteiger partial charge in [0.05, 0.1) is 21.1 Å². The molecule has 0 radical (unpaired) electrons. The zero-order valence-corrected chi connectivity index (χ0v) is 10.4. The maximum Gasteiger partial charge on any atom is 0.195 e. The number of rotatable bonds is 6. The Morgan fingerprint density at radius 3 is 2.07 bits per heavy atom. The molecule has 0 aliphatic rings. The zero-order chi connectivity index (χ0) is 12.3. The number of nitrogens with two attached hydrogens (primary N) is 1. The summed E-state index contributed by atoms with van der Waals surface area (Å²) in [5.41, 5.74) is 4.43. The molecule has 0 aromatic rings. The van der Waals surface area contributed by atoms with Crippen molar-refractivity contribution < 1.29 is 14.4 Å². The molecule has 5 heteroatoms. The summed E-state index contributed by atoms with van der Waals surface area (Å²) in [5.74, 6) is -1.05. The molecule has 0 aromatic carbocycles. The van der Waals surface area contributed by atoms with E-state index >= 15 is 0 Å². The van der Waals surface area contributed by atoms with Crippen molar-refractivity contribution in [2.45, 2.75) is 18.5 Å². The van der Waals surface area contributed by atoms with Gasteiger partial charge in [0.2, 0.25) is 0 Å². The summed E-state index contributed by atoms with van der Waals surface area (Å²) in [5, 5.41) is 11.4. The zero-order valence-electron chi connectivity index (χ0n) is 10.4. The van der Waals surface area contributed by atoms with Gasteiger partial charge in [0.25, 0.3) is 0 Å². The monoisotopic (exact) mass is 217 g/mol. The molecule has 0 aromatic heterocycles. The maximum atomic E-state index is 11.4. The second kappa shape index (κ2) is 4.92. The van der Waals surface area contributed by atoms with E-state index in [4.69, 9.17) is 5.73 Å². The van der Waals surface area contributed by atoms with Gasteiger partial charge in [-0.15, -0.1) is 0 Å². The van der Waals surface area contributed by atoms with E-state index in [0.717, 1.165) is 0 Å². The number of carbonyl (C=O) groups is 1. The normalized spacial score (nSPS) is 16.5. The Hall–Kier alpha value is -0.650. The lowest BCUT2D eigenvalue weighted by Crippen LogP contribution is -2.72. The molecular formula is C10H23N3O2. The van der Waals surface area contributed by atoms with Gasteiger partial charge in [-0.25, -0.2) is 0 Å². The van der Waals surface area contributed by atoms with E-state index in [9.17, 15) is 9.90 Å². The van der Waals surface area contributed by atoms with Crippen molar-refractivity contribution in [3.8, 4) is 0 Å². The average molecular weight is 217 g/mol. The molecule has 0 fully saturated rings. The van der Waals surface area contributed by atoms with Crippen molar-refractivity contribution in [2.24, 2.45) is 5.73 Å². The van der Waals surface area contributed by atoms with E-state index in [2.05, 4.69) is 0 Å². The van der Waals surface area contributed by atoms with Gasteiger partial charge in [-0.3, -0.25) is 4.90 Å². The quantitative estimate of drug-likeness (QED) is 0.431. The van der Waals surface area contributed by atoms with E-state index < -0.39 is 11.6 Å². The topological polar surface area (TPSA) is 69.4 Å². The Balaban J connectivity index is 5.19. The van der Waals surface area contributed by atoms with Crippen LogP contribution in [0.25, 0.3) is 0 Å². The highest BCUT2D eigenvalue weighted by Gasteiger charge is 2.46. The Morgan fingerprint density at radius 1 is 1.40 bits per heavy atom. The summed E-state index contributed by atoms with van der Waals surface area (Å²) in [7, 11) is 9.08. The number of aliphatic carboxylic acids is 1. The summed E-state index contributed by atoms with van der Waals surface area (Å²) < 4.78 is 0.294. The fourth-order valence-corrected chi connectivity index (χ4v) is 2.07. The van der Waals surface area contributed by atoms with Crippen molar-refractivity contribution in [1.82, 2.24) is 4.90 Å². The number of carboxylic acids is 1. The predicted octanol–water partition coefficient (Wildman–Crippen LogP) is -1.56. The predicted molar refractivity (Wildman–Crippen MR) is 57.7 cm³/mol. The van der Waals surface area contributed by atoms with Crippen LogP contribution in [-0.4, -0.2) is 62.8 Å². The van der Waals surface area contributed by atoms with E-state index in [-0.39, 0.29) is 0 Å². The van der Waals surface area contributed by atoms with Crippen LogP contribution in [-0.2, 0) is 4.79 Å². The number of carboxylic acid groups (broad SMARTS) is 1. The SMILES string of the molecule is CN(C)C(CCCN)(C(=O)[O-])[N+](C)(C)C. The highest BCUT2D eigenvalue weighted by molar-refractivity contribution is 5.74. The summed E-state index contributed by atoms with van der Waals surface area (Å²) in [6, 6.07) is 0. The van der Waals surface area contributed by atoms with Crippen molar-refractivity contribution in [3.63, 3.8) is 0 Å². The van der Waals surface area contributed by atoms with Crippen molar-refractivity contribution in [1.29, 1.82) is 0 Å². The lowest BCUT2D eigenvalue weighted by atomic mass is 9.98. The van der Waals surface area contributed by atoms with Crippen LogP contribution in [0.2, 0.25) is 0 Å². The third-order valence-corrected chi connectivity index (χ3v) is 2.91. The molecule has 0 amide bonds. The summed E-state index contributed by atoms with van der Waals surface area (Å²) in [4.78, 5) is 13.1. The molecule has 0 aliphatic heterocycles. The molecule has 0 heterocycles. The lowest BCUT2D eigenvalue weighted by Gasteiger charge is -2.50.